The first-order chi connectivity index (χ1) is 9.97. The van der Waals surface area contributed by atoms with Crippen LogP contribution in [-0.2, 0) is 0 Å². The first-order valence-corrected chi connectivity index (χ1v) is 6.81. The zero-order chi connectivity index (χ0) is 15.6. The molecular weight excluding hydrogens is 268 g/mol. The molecule has 0 bridgehead atoms. The summed E-state index contributed by atoms with van der Waals surface area (Å²) in [6, 6.07) is 7.00. The van der Waals surface area contributed by atoms with Gasteiger partial charge in [-0.05, 0) is 38.1 Å². The number of aryl methyl sites for hydroxylation is 1. The van der Waals surface area contributed by atoms with Crippen LogP contribution >= 0.6 is 0 Å². The van der Waals surface area contributed by atoms with Crippen molar-refractivity contribution in [2.24, 2.45) is 0 Å². The van der Waals surface area contributed by atoms with E-state index in [1.54, 1.807) is 27.1 Å². The number of aliphatic hydroxyl groups excluding tert-OH is 1. The van der Waals surface area contributed by atoms with Gasteiger partial charge in [0.15, 0.2) is 0 Å². The van der Waals surface area contributed by atoms with Crippen molar-refractivity contribution in [1.29, 1.82) is 0 Å². The number of methoxy groups -OCH3 is 1. The number of aromatic nitrogens is 1. The Morgan fingerprint density at radius 3 is 2.76 bits per heavy atom. The lowest BCUT2D eigenvalue weighted by Crippen LogP contribution is -2.37. The van der Waals surface area contributed by atoms with Gasteiger partial charge in [0.25, 0.3) is 5.91 Å². The molecule has 2 rings (SSSR count). The quantitative estimate of drug-likeness (QED) is 0.934. The van der Waals surface area contributed by atoms with Gasteiger partial charge in [-0.3, -0.25) is 9.78 Å². The molecule has 5 nitrogen and oxygen atoms in total. The van der Waals surface area contributed by atoms with Crippen LogP contribution in [0.1, 0.15) is 23.0 Å². The van der Waals surface area contributed by atoms with E-state index in [-0.39, 0.29) is 18.6 Å². The lowest BCUT2D eigenvalue weighted by atomic mass is 10.1. The number of carbonyl (C=O) groups is 1. The van der Waals surface area contributed by atoms with E-state index in [2.05, 4.69) is 4.98 Å². The SMILES string of the molecule is COc1ccc2nc(C)cc(C(=O)N(C)C(C)CO)c2c1. The molecule has 0 aliphatic carbocycles. The summed E-state index contributed by atoms with van der Waals surface area (Å²) in [5, 5.41) is 9.98. The maximum Gasteiger partial charge on any atom is 0.254 e. The molecule has 0 fully saturated rings. The largest absolute Gasteiger partial charge is 0.497 e. The first-order valence-electron chi connectivity index (χ1n) is 6.81. The number of pyridine rings is 1. The van der Waals surface area contributed by atoms with Gasteiger partial charge in [0, 0.05) is 18.1 Å². The smallest absolute Gasteiger partial charge is 0.254 e. The molecule has 1 unspecified atom stereocenters. The molecule has 1 amide bonds. The van der Waals surface area contributed by atoms with Crippen LogP contribution in [0.2, 0.25) is 0 Å². The Kier molecular flexibility index (Phi) is 4.43. The normalized spacial score (nSPS) is 12.2. The number of ether oxygens (including phenoxy) is 1. The second-order valence-electron chi connectivity index (χ2n) is 5.14. The number of aliphatic hydroxyl groups is 1. The number of likely N-dealkylation sites (N-methyl/N-ethyl adjacent to an activating group) is 1. The van der Waals surface area contributed by atoms with Gasteiger partial charge >= 0.3 is 0 Å². The highest BCUT2D eigenvalue weighted by Crippen LogP contribution is 2.24. The molecular formula is C16H20N2O3. The summed E-state index contributed by atoms with van der Waals surface area (Å²) in [7, 11) is 3.27. The standard InChI is InChI=1S/C16H20N2O3/c1-10-7-14(16(20)18(3)11(2)9-19)13-8-12(21-4)5-6-15(13)17-10/h5-8,11,19H,9H2,1-4H3. The Morgan fingerprint density at radius 2 is 2.14 bits per heavy atom. The maximum absolute atomic E-state index is 12.7. The third-order valence-corrected chi connectivity index (χ3v) is 3.62. The van der Waals surface area contributed by atoms with Crippen molar-refractivity contribution in [3.8, 4) is 5.75 Å². The van der Waals surface area contributed by atoms with Crippen LogP contribution in [0.3, 0.4) is 0 Å². The average molecular weight is 288 g/mol. The zero-order valence-corrected chi connectivity index (χ0v) is 12.8. The number of carbonyl (C=O) groups excluding carboxylic acids is 1. The Balaban J connectivity index is 2.58. The van der Waals surface area contributed by atoms with E-state index in [0.29, 0.717) is 11.3 Å². The Morgan fingerprint density at radius 1 is 1.43 bits per heavy atom. The van der Waals surface area contributed by atoms with E-state index in [1.807, 2.05) is 25.1 Å². The molecule has 1 aromatic heterocycles. The third kappa shape index (κ3) is 2.97. The lowest BCUT2D eigenvalue weighted by Gasteiger charge is -2.24. The highest BCUT2D eigenvalue weighted by molar-refractivity contribution is 6.06. The van der Waals surface area contributed by atoms with Gasteiger partial charge in [0.2, 0.25) is 0 Å². The van der Waals surface area contributed by atoms with E-state index in [0.717, 1.165) is 16.6 Å². The van der Waals surface area contributed by atoms with Gasteiger partial charge in [-0.1, -0.05) is 0 Å². The molecule has 112 valence electrons. The molecule has 2 aromatic rings. The molecule has 1 atom stereocenters. The molecule has 1 aromatic carbocycles. The van der Waals surface area contributed by atoms with Crippen molar-refractivity contribution >= 4 is 16.8 Å². The minimum absolute atomic E-state index is 0.0758. The third-order valence-electron chi connectivity index (χ3n) is 3.62. The number of hydrogen-bond donors (Lipinski definition) is 1. The number of rotatable bonds is 4. The van der Waals surface area contributed by atoms with Crippen LogP contribution in [-0.4, -0.2) is 47.7 Å². The van der Waals surface area contributed by atoms with Crippen molar-refractivity contribution in [3.63, 3.8) is 0 Å². The minimum Gasteiger partial charge on any atom is -0.497 e. The summed E-state index contributed by atoms with van der Waals surface area (Å²) in [6.07, 6.45) is 0. The highest BCUT2D eigenvalue weighted by Gasteiger charge is 2.20. The summed E-state index contributed by atoms with van der Waals surface area (Å²) in [5.74, 6) is 0.542. The average Bonchev–Trinajstić information content (AvgIpc) is 2.51. The molecule has 0 saturated carbocycles. The van der Waals surface area contributed by atoms with Crippen molar-refractivity contribution in [2.75, 3.05) is 20.8 Å². The first kappa shape index (κ1) is 15.3. The number of benzene rings is 1. The topological polar surface area (TPSA) is 62.7 Å². The highest BCUT2D eigenvalue weighted by atomic mass is 16.5. The van der Waals surface area contributed by atoms with Crippen molar-refractivity contribution in [2.45, 2.75) is 19.9 Å². The van der Waals surface area contributed by atoms with Gasteiger partial charge in [-0.2, -0.15) is 0 Å². The molecule has 0 saturated heterocycles. The summed E-state index contributed by atoms with van der Waals surface area (Å²) >= 11 is 0. The zero-order valence-electron chi connectivity index (χ0n) is 12.8. The van der Waals surface area contributed by atoms with Gasteiger partial charge in [0.05, 0.1) is 30.8 Å². The van der Waals surface area contributed by atoms with Crippen LogP contribution in [0.5, 0.6) is 5.75 Å². The fourth-order valence-electron chi connectivity index (χ4n) is 2.15. The Hall–Kier alpha value is -2.14. The van der Waals surface area contributed by atoms with Crippen LogP contribution in [0.15, 0.2) is 24.3 Å². The van der Waals surface area contributed by atoms with E-state index >= 15 is 0 Å². The fraction of sp³-hybridized carbons (Fsp3) is 0.375. The summed E-state index contributed by atoms with van der Waals surface area (Å²) in [6.45, 7) is 3.58. The molecule has 0 radical (unpaired) electrons. The van der Waals surface area contributed by atoms with E-state index in [9.17, 15) is 9.90 Å². The molecule has 0 aliphatic rings. The fourth-order valence-corrected chi connectivity index (χ4v) is 2.15. The monoisotopic (exact) mass is 288 g/mol. The molecule has 21 heavy (non-hydrogen) atoms. The molecule has 0 spiro atoms. The summed E-state index contributed by atoms with van der Waals surface area (Å²) < 4.78 is 5.22. The Bertz CT molecular complexity index is 670. The molecule has 5 heteroatoms. The predicted octanol–water partition coefficient (Wildman–Crippen LogP) is 2.00. The van der Waals surface area contributed by atoms with Gasteiger partial charge in [0.1, 0.15) is 5.75 Å². The van der Waals surface area contributed by atoms with Gasteiger partial charge in [-0.15, -0.1) is 0 Å². The number of fused-ring (bicyclic) bond motifs is 1. The van der Waals surface area contributed by atoms with Gasteiger partial charge in [-0.25, -0.2) is 0 Å². The summed E-state index contributed by atoms with van der Waals surface area (Å²) in [4.78, 5) is 18.6. The molecule has 1 N–H and O–H groups in total. The second-order valence-corrected chi connectivity index (χ2v) is 5.14. The maximum atomic E-state index is 12.7. The van der Waals surface area contributed by atoms with Crippen LogP contribution in [0.4, 0.5) is 0 Å². The van der Waals surface area contributed by atoms with Crippen molar-refractivity contribution in [1.82, 2.24) is 9.88 Å². The Labute approximate surface area is 124 Å². The van der Waals surface area contributed by atoms with Crippen LogP contribution in [0, 0.1) is 6.92 Å². The van der Waals surface area contributed by atoms with E-state index < -0.39 is 0 Å². The molecule has 0 aliphatic heterocycles. The number of amides is 1. The van der Waals surface area contributed by atoms with Gasteiger partial charge < -0.3 is 14.7 Å². The lowest BCUT2D eigenvalue weighted by molar-refractivity contribution is 0.0684. The predicted molar refractivity (Wildman–Crippen MR) is 81.7 cm³/mol. The molecule has 1 heterocycles. The van der Waals surface area contributed by atoms with Crippen LogP contribution in [0.25, 0.3) is 10.9 Å². The number of nitrogens with zero attached hydrogens (tertiary/aromatic N) is 2. The van der Waals surface area contributed by atoms with Crippen LogP contribution < -0.4 is 4.74 Å². The number of hydrogen-bond acceptors (Lipinski definition) is 4. The second kappa shape index (κ2) is 6.10. The van der Waals surface area contributed by atoms with E-state index in [1.165, 1.54) is 4.90 Å². The van der Waals surface area contributed by atoms with Crippen molar-refractivity contribution in [3.05, 3.63) is 35.5 Å². The summed E-state index contributed by atoms with van der Waals surface area (Å²) in [5.41, 5.74) is 2.10. The van der Waals surface area contributed by atoms with E-state index in [4.69, 9.17) is 4.74 Å². The minimum atomic E-state index is -0.244. The van der Waals surface area contributed by atoms with Crippen molar-refractivity contribution < 1.29 is 14.6 Å².